The fraction of sp³-hybridized carbons (Fsp3) is 0.214. The maximum atomic E-state index is 9.83. The Hall–Kier alpha value is -2.97. The van der Waals surface area contributed by atoms with E-state index in [2.05, 4.69) is 5.32 Å². The van der Waals surface area contributed by atoms with E-state index in [-0.39, 0.29) is 22.9 Å². The fourth-order valence-corrected chi connectivity index (χ4v) is 1.54. The van der Waals surface area contributed by atoms with Crippen LogP contribution < -0.4 is 5.32 Å². The van der Waals surface area contributed by atoms with Crippen molar-refractivity contribution < 1.29 is 5.11 Å². The molecule has 0 unspecified atom stereocenters. The summed E-state index contributed by atoms with van der Waals surface area (Å²) in [6.07, 6.45) is 0. The Morgan fingerprint density at radius 1 is 1.16 bits per heavy atom. The van der Waals surface area contributed by atoms with Crippen molar-refractivity contribution >= 4 is 5.69 Å². The summed E-state index contributed by atoms with van der Waals surface area (Å²) in [7, 11) is 0. The molecule has 94 valence electrons. The van der Waals surface area contributed by atoms with Gasteiger partial charge in [0.05, 0.1) is 0 Å². The first-order chi connectivity index (χ1) is 9.03. The van der Waals surface area contributed by atoms with E-state index in [1.807, 2.05) is 13.8 Å². The Morgan fingerprint density at radius 3 is 2.21 bits per heavy atom. The smallest absolute Gasteiger partial charge is 0.163 e. The van der Waals surface area contributed by atoms with Gasteiger partial charge in [-0.2, -0.15) is 15.8 Å². The Labute approximate surface area is 111 Å². The van der Waals surface area contributed by atoms with Crippen molar-refractivity contribution in [2.45, 2.75) is 19.8 Å². The zero-order valence-electron chi connectivity index (χ0n) is 10.6. The third kappa shape index (κ3) is 3.25. The minimum Gasteiger partial charge on any atom is -0.508 e. The molecular weight excluding hydrogens is 240 g/mol. The number of nitriles is 3. The minimum absolute atomic E-state index is 0.104. The molecule has 0 saturated heterocycles. The molecule has 0 saturated carbocycles. The Kier molecular flexibility index (Phi) is 4.52. The molecule has 0 bridgehead atoms. The molecule has 1 rings (SSSR count). The number of phenolic OH excluding ortho intramolecular Hbond substituents is 1. The molecule has 5 heteroatoms. The molecule has 0 spiro atoms. The third-order valence-electron chi connectivity index (χ3n) is 2.51. The molecule has 0 heterocycles. The number of allylic oxidation sites excluding steroid dienone is 2. The van der Waals surface area contributed by atoms with Gasteiger partial charge in [0.15, 0.2) is 5.57 Å². The number of aromatic hydroxyl groups is 1. The van der Waals surface area contributed by atoms with Crippen molar-refractivity contribution in [1.82, 2.24) is 0 Å². The summed E-state index contributed by atoms with van der Waals surface area (Å²) < 4.78 is 0. The van der Waals surface area contributed by atoms with Gasteiger partial charge in [-0.15, -0.1) is 0 Å². The van der Waals surface area contributed by atoms with Gasteiger partial charge >= 0.3 is 0 Å². The van der Waals surface area contributed by atoms with E-state index in [9.17, 15) is 5.11 Å². The molecule has 1 aromatic rings. The van der Waals surface area contributed by atoms with Crippen molar-refractivity contribution in [3.8, 4) is 24.0 Å². The lowest BCUT2D eigenvalue weighted by molar-refractivity contribution is 0.465. The zero-order chi connectivity index (χ0) is 14.4. The first kappa shape index (κ1) is 14.1. The molecule has 0 aromatic heterocycles. The number of nitrogens with zero attached hydrogens (tertiary/aromatic N) is 3. The van der Waals surface area contributed by atoms with Crippen LogP contribution in [0.3, 0.4) is 0 Å². The summed E-state index contributed by atoms with van der Waals surface area (Å²) >= 11 is 0. The maximum absolute atomic E-state index is 9.83. The molecule has 1 aromatic carbocycles. The van der Waals surface area contributed by atoms with Crippen LogP contribution >= 0.6 is 0 Å². The SMILES string of the molecule is CC(C)c1ccc(NC(C#N)=C(C#N)C#N)cc1O. The van der Waals surface area contributed by atoms with E-state index in [1.54, 1.807) is 30.3 Å². The van der Waals surface area contributed by atoms with Crippen molar-refractivity contribution in [1.29, 1.82) is 15.8 Å². The second-order valence-corrected chi connectivity index (χ2v) is 4.14. The lowest BCUT2D eigenvalue weighted by atomic mass is 10.0. The highest BCUT2D eigenvalue weighted by molar-refractivity contribution is 5.61. The first-order valence-corrected chi connectivity index (χ1v) is 5.58. The number of benzene rings is 1. The molecule has 2 N–H and O–H groups in total. The Balaban J connectivity index is 3.13. The monoisotopic (exact) mass is 252 g/mol. The highest BCUT2D eigenvalue weighted by atomic mass is 16.3. The minimum atomic E-state index is -0.296. The zero-order valence-corrected chi connectivity index (χ0v) is 10.6. The van der Waals surface area contributed by atoms with Gasteiger partial charge in [0.2, 0.25) is 0 Å². The Morgan fingerprint density at radius 2 is 1.79 bits per heavy atom. The summed E-state index contributed by atoms with van der Waals surface area (Å²) in [6.45, 7) is 3.90. The topological polar surface area (TPSA) is 104 Å². The first-order valence-electron chi connectivity index (χ1n) is 5.58. The third-order valence-corrected chi connectivity index (χ3v) is 2.51. The van der Waals surface area contributed by atoms with Crippen molar-refractivity contribution in [3.05, 3.63) is 35.0 Å². The van der Waals surface area contributed by atoms with Gasteiger partial charge in [-0.1, -0.05) is 19.9 Å². The van der Waals surface area contributed by atoms with Crippen LogP contribution in [-0.2, 0) is 0 Å². The second kappa shape index (κ2) is 6.10. The predicted octanol–water partition coefficient (Wildman–Crippen LogP) is 2.75. The number of anilines is 1. The van der Waals surface area contributed by atoms with Gasteiger partial charge in [-0.05, 0) is 17.5 Å². The summed E-state index contributed by atoms with van der Waals surface area (Å²) in [6, 6.07) is 9.90. The molecule has 0 aliphatic heterocycles. The van der Waals surface area contributed by atoms with Crippen LogP contribution in [-0.4, -0.2) is 5.11 Å². The molecule has 0 fully saturated rings. The standard InChI is InChI=1S/C14H12N4O/c1-9(2)12-4-3-11(5-14(12)19)18-13(8-17)10(6-15)7-16/h3-5,9,18-19H,1-2H3. The van der Waals surface area contributed by atoms with E-state index < -0.39 is 0 Å². The largest absolute Gasteiger partial charge is 0.508 e. The quantitative estimate of drug-likeness (QED) is 0.805. The molecule has 0 aliphatic rings. The second-order valence-electron chi connectivity index (χ2n) is 4.14. The van der Waals surface area contributed by atoms with E-state index in [1.165, 1.54) is 6.07 Å². The lowest BCUT2D eigenvalue weighted by Crippen LogP contribution is -2.01. The van der Waals surface area contributed by atoms with Crippen molar-refractivity contribution in [2.24, 2.45) is 0 Å². The number of phenols is 1. The van der Waals surface area contributed by atoms with Crippen LogP contribution in [0.4, 0.5) is 5.69 Å². The molecule has 5 nitrogen and oxygen atoms in total. The van der Waals surface area contributed by atoms with Crippen LogP contribution in [0.25, 0.3) is 0 Å². The molecule has 0 radical (unpaired) electrons. The predicted molar refractivity (Wildman–Crippen MR) is 69.7 cm³/mol. The average molecular weight is 252 g/mol. The fourth-order valence-electron chi connectivity index (χ4n) is 1.54. The molecule has 0 amide bonds. The maximum Gasteiger partial charge on any atom is 0.163 e. The molecular formula is C14H12N4O. The number of rotatable bonds is 3. The summed E-state index contributed by atoms with van der Waals surface area (Å²) in [5.74, 6) is 0.279. The van der Waals surface area contributed by atoms with Gasteiger partial charge in [0, 0.05) is 11.8 Å². The normalized spacial score (nSPS) is 9.05. The number of hydrogen-bond donors (Lipinski definition) is 2. The summed E-state index contributed by atoms with van der Waals surface area (Å²) in [4.78, 5) is 0. The van der Waals surface area contributed by atoms with Crippen molar-refractivity contribution in [2.75, 3.05) is 5.32 Å². The van der Waals surface area contributed by atoms with E-state index >= 15 is 0 Å². The summed E-state index contributed by atoms with van der Waals surface area (Å²) in [5, 5.41) is 38.8. The highest BCUT2D eigenvalue weighted by Crippen LogP contribution is 2.28. The van der Waals surface area contributed by atoms with Gasteiger partial charge in [0.25, 0.3) is 0 Å². The Bertz CT molecular complexity index is 623. The van der Waals surface area contributed by atoms with E-state index in [4.69, 9.17) is 15.8 Å². The van der Waals surface area contributed by atoms with Gasteiger partial charge in [-0.3, -0.25) is 0 Å². The van der Waals surface area contributed by atoms with Crippen LogP contribution in [0, 0.1) is 34.0 Å². The number of hydrogen-bond acceptors (Lipinski definition) is 5. The van der Waals surface area contributed by atoms with Crippen LogP contribution in [0.5, 0.6) is 5.75 Å². The van der Waals surface area contributed by atoms with E-state index in [0.717, 1.165) is 5.56 Å². The lowest BCUT2D eigenvalue weighted by Gasteiger charge is -2.11. The van der Waals surface area contributed by atoms with Gasteiger partial charge in [0.1, 0.15) is 29.7 Å². The van der Waals surface area contributed by atoms with Crippen molar-refractivity contribution in [3.63, 3.8) is 0 Å². The van der Waals surface area contributed by atoms with Crippen LogP contribution in [0.2, 0.25) is 0 Å². The molecule has 0 atom stereocenters. The van der Waals surface area contributed by atoms with Crippen LogP contribution in [0.1, 0.15) is 25.3 Å². The number of nitrogens with one attached hydrogen (secondary N) is 1. The highest BCUT2D eigenvalue weighted by Gasteiger charge is 2.09. The molecule has 19 heavy (non-hydrogen) atoms. The van der Waals surface area contributed by atoms with Gasteiger partial charge < -0.3 is 10.4 Å². The molecule has 0 aliphatic carbocycles. The van der Waals surface area contributed by atoms with Crippen LogP contribution in [0.15, 0.2) is 29.5 Å². The van der Waals surface area contributed by atoms with E-state index in [0.29, 0.717) is 5.69 Å². The average Bonchev–Trinajstić information content (AvgIpc) is 2.38. The summed E-state index contributed by atoms with van der Waals surface area (Å²) in [5.41, 5.74) is 0.798. The van der Waals surface area contributed by atoms with Gasteiger partial charge in [-0.25, -0.2) is 0 Å².